The maximum atomic E-state index is 14.7. The Bertz CT molecular complexity index is 1160. The highest BCUT2D eigenvalue weighted by atomic mass is 32.2. The number of rotatable bonds is 10. The molecule has 2 aromatic rings. The number of methoxy groups -OCH3 is 1. The fourth-order valence-corrected chi connectivity index (χ4v) is 5.68. The average molecular weight is 548 g/mol. The fraction of sp³-hybridized carbons (Fsp3) is 0.571. The summed E-state index contributed by atoms with van der Waals surface area (Å²) in [5, 5.41) is 46.1. The maximum absolute atomic E-state index is 14.7. The lowest BCUT2D eigenvalue weighted by Crippen LogP contribution is -2.55. The molecule has 5 N–H and O–H groups in total. The number of aliphatic hydroxyl groups excluding tert-OH is 3. The number of hydrogen-bond acceptors (Lipinski definition) is 11. The predicted octanol–water partition coefficient (Wildman–Crippen LogP) is -1.04. The topological polar surface area (TPSA) is 197 Å². The Labute approximate surface area is 212 Å². The van der Waals surface area contributed by atoms with Crippen LogP contribution in [0.1, 0.15) is 25.8 Å². The van der Waals surface area contributed by atoms with E-state index >= 15 is 0 Å². The second-order valence-corrected chi connectivity index (χ2v) is 10.6. The lowest BCUT2D eigenvalue weighted by molar-refractivity contribution is -0.237. The maximum Gasteiger partial charge on any atom is 0.262 e. The van der Waals surface area contributed by atoms with Gasteiger partial charge in [-0.2, -0.15) is 4.31 Å². The first kappa shape index (κ1) is 28.8. The van der Waals surface area contributed by atoms with Crippen molar-refractivity contribution in [2.75, 3.05) is 13.7 Å². The predicted molar refractivity (Wildman–Crippen MR) is 122 cm³/mol. The Morgan fingerprint density at radius 1 is 1.27 bits per heavy atom. The van der Waals surface area contributed by atoms with Gasteiger partial charge in [0.15, 0.2) is 12.4 Å². The highest BCUT2D eigenvalue weighted by molar-refractivity contribution is 7.89. The molecule has 0 aliphatic carbocycles. The van der Waals surface area contributed by atoms with Crippen molar-refractivity contribution in [3.63, 3.8) is 0 Å². The molecule has 206 valence electrons. The van der Waals surface area contributed by atoms with Crippen LogP contribution in [-0.4, -0.2) is 98.4 Å². The third-order valence-electron chi connectivity index (χ3n) is 5.95. The van der Waals surface area contributed by atoms with E-state index in [2.05, 4.69) is 10.3 Å². The summed E-state index contributed by atoms with van der Waals surface area (Å²) in [6.45, 7) is 1.95. The van der Waals surface area contributed by atoms with E-state index in [-0.39, 0.29) is 10.6 Å². The zero-order valence-corrected chi connectivity index (χ0v) is 21.1. The fourth-order valence-electron chi connectivity index (χ4n) is 3.99. The lowest BCUT2D eigenvalue weighted by atomic mass is 9.99. The van der Waals surface area contributed by atoms with E-state index in [0.717, 1.165) is 15.2 Å². The van der Waals surface area contributed by atoms with Crippen molar-refractivity contribution in [1.29, 1.82) is 0 Å². The average Bonchev–Trinajstić information content (AvgIpc) is 3.35. The van der Waals surface area contributed by atoms with Crippen molar-refractivity contribution in [2.24, 2.45) is 5.92 Å². The van der Waals surface area contributed by atoms with Crippen LogP contribution in [0, 0.1) is 5.92 Å². The highest BCUT2D eigenvalue weighted by Crippen LogP contribution is 2.31. The zero-order valence-electron chi connectivity index (χ0n) is 20.2. The van der Waals surface area contributed by atoms with Crippen molar-refractivity contribution in [1.82, 2.24) is 24.8 Å². The summed E-state index contributed by atoms with van der Waals surface area (Å²) >= 11 is 0. The Morgan fingerprint density at radius 2 is 1.92 bits per heavy atom. The first-order valence-electron chi connectivity index (χ1n) is 11.2. The molecule has 1 amide bonds. The van der Waals surface area contributed by atoms with Gasteiger partial charge in [-0.05, 0) is 30.2 Å². The molecular formula is C21H30FN5O9S. The molecule has 0 saturated carbocycles. The van der Waals surface area contributed by atoms with Gasteiger partial charge in [-0.15, -0.1) is 5.10 Å². The third-order valence-corrected chi connectivity index (χ3v) is 7.79. The summed E-state index contributed by atoms with van der Waals surface area (Å²) in [5.41, 5.74) is 1.46. The molecule has 0 radical (unpaired) electrons. The van der Waals surface area contributed by atoms with Crippen LogP contribution in [0.5, 0.6) is 5.75 Å². The minimum atomic E-state index is -4.36. The Hall–Kier alpha value is -2.73. The van der Waals surface area contributed by atoms with Crippen molar-refractivity contribution >= 4 is 15.9 Å². The minimum Gasteiger partial charge on any atom is -0.497 e. The number of nitrogens with zero attached hydrogens (tertiary/aromatic N) is 4. The Kier molecular flexibility index (Phi) is 9.17. The standard InChI is InChI=1S/C21H30FN5O9S/c1-11(2)17(20(31)24-32)27(37(33,34)14-6-4-13(35-3)5-7-14)9-12-8-26(25-23-12)21-16(22)19(30)18(29)15(10-28)36-21/h4-8,11,15-19,21,28-30,32H,9-10H2,1-3H3,(H,24,31)/t15?,16?,17-,18+,19?,21+/m1/s1. The van der Waals surface area contributed by atoms with Gasteiger partial charge in [0.05, 0.1) is 37.0 Å². The third kappa shape index (κ3) is 5.90. The van der Waals surface area contributed by atoms with Crippen LogP contribution in [0.25, 0.3) is 0 Å². The highest BCUT2D eigenvalue weighted by Gasteiger charge is 2.46. The number of carbonyl (C=O) groups is 1. The first-order valence-corrected chi connectivity index (χ1v) is 12.7. The van der Waals surface area contributed by atoms with E-state index in [9.17, 15) is 38.1 Å². The van der Waals surface area contributed by atoms with Gasteiger partial charge in [0.2, 0.25) is 10.0 Å². The molecule has 6 atom stereocenters. The quantitative estimate of drug-likeness (QED) is 0.180. The molecule has 0 spiro atoms. The SMILES string of the molecule is COc1ccc(S(=O)(=O)N(Cc2cn([C@H]3OC(CO)[C@H](O)C(O)C3F)nn2)[C@@H](C(=O)NO)C(C)C)cc1. The van der Waals surface area contributed by atoms with Gasteiger partial charge in [-0.1, -0.05) is 19.1 Å². The molecule has 37 heavy (non-hydrogen) atoms. The molecule has 1 aliphatic rings. The lowest BCUT2D eigenvalue weighted by Gasteiger charge is -2.38. The summed E-state index contributed by atoms with van der Waals surface area (Å²) < 4.78 is 54.0. The van der Waals surface area contributed by atoms with Crippen LogP contribution in [0.15, 0.2) is 35.4 Å². The molecule has 1 aliphatic heterocycles. The summed E-state index contributed by atoms with van der Waals surface area (Å²) in [6.07, 6.45) is -7.42. The number of sulfonamides is 1. The molecule has 1 fully saturated rings. The van der Waals surface area contributed by atoms with E-state index in [4.69, 9.17) is 9.47 Å². The van der Waals surface area contributed by atoms with Crippen LogP contribution in [0.3, 0.4) is 0 Å². The number of ether oxygens (including phenoxy) is 2. The summed E-state index contributed by atoms with van der Waals surface area (Å²) in [7, 11) is -2.94. The number of aliphatic hydroxyl groups is 3. The van der Waals surface area contributed by atoms with Gasteiger partial charge in [-0.3, -0.25) is 10.0 Å². The minimum absolute atomic E-state index is 0.0227. The molecule has 16 heteroatoms. The summed E-state index contributed by atoms with van der Waals surface area (Å²) in [5.74, 6) is -1.18. The van der Waals surface area contributed by atoms with Gasteiger partial charge >= 0.3 is 0 Å². The molecule has 1 aromatic carbocycles. The van der Waals surface area contributed by atoms with Crippen LogP contribution in [-0.2, 0) is 26.1 Å². The molecule has 0 bridgehead atoms. The Morgan fingerprint density at radius 3 is 2.46 bits per heavy atom. The second-order valence-electron chi connectivity index (χ2n) is 8.75. The molecule has 3 unspecified atom stereocenters. The Balaban J connectivity index is 1.98. The van der Waals surface area contributed by atoms with Gasteiger partial charge in [0.25, 0.3) is 5.91 Å². The van der Waals surface area contributed by atoms with E-state index < -0.39 is 71.8 Å². The zero-order chi connectivity index (χ0) is 27.5. The van der Waals surface area contributed by atoms with Crippen molar-refractivity contribution < 1.29 is 47.6 Å². The van der Waals surface area contributed by atoms with Gasteiger partial charge in [0, 0.05) is 0 Å². The largest absolute Gasteiger partial charge is 0.497 e. The van der Waals surface area contributed by atoms with Gasteiger partial charge < -0.3 is 24.8 Å². The van der Waals surface area contributed by atoms with E-state index in [1.54, 1.807) is 13.8 Å². The summed E-state index contributed by atoms with van der Waals surface area (Å²) in [4.78, 5) is 12.4. The van der Waals surface area contributed by atoms with E-state index in [0.29, 0.717) is 5.75 Å². The van der Waals surface area contributed by atoms with Gasteiger partial charge in [0.1, 0.15) is 30.1 Å². The number of amides is 1. The second kappa shape index (κ2) is 11.8. The number of halogens is 1. The van der Waals surface area contributed by atoms with E-state index in [1.165, 1.54) is 36.9 Å². The molecular weight excluding hydrogens is 517 g/mol. The number of carbonyl (C=O) groups excluding carboxylic acids is 1. The van der Waals surface area contributed by atoms with Gasteiger partial charge in [-0.25, -0.2) is 23.0 Å². The molecule has 1 aromatic heterocycles. The normalized spacial score (nSPS) is 25.3. The van der Waals surface area contributed by atoms with Crippen LogP contribution < -0.4 is 10.2 Å². The number of benzene rings is 1. The molecule has 14 nitrogen and oxygen atoms in total. The monoisotopic (exact) mass is 547 g/mol. The molecule has 1 saturated heterocycles. The molecule has 2 heterocycles. The number of alkyl halides is 1. The number of nitrogens with one attached hydrogen (secondary N) is 1. The van der Waals surface area contributed by atoms with Crippen molar-refractivity contribution in [2.45, 2.75) is 62.0 Å². The van der Waals surface area contributed by atoms with E-state index in [1.807, 2.05) is 0 Å². The number of aromatic nitrogens is 3. The first-order chi connectivity index (χ1) is 17.5. The van der Waals surface area contributed by atoms with Crippen LogP contribution in [0.4, 0.5) is 4.39 Å². The number of hydrogen-bond donors (Lipinski definition) is 5. The van der Waals surface area contributed by atoms with Crippen molar-refractivity contribution in [3.8, 4) is 5.75 Å². The summed E-state index contributed by atoms with van der Waals surface area (Å²) in [6, 6.07) is 4.06. The van der Waals surface area contributed by atoms with Crippen LogP contribution >= 0.6 is 0 Å². The van der Waals surface area contributed by atoms with Crippen molar-refractivity contribution in [3.05, 3.63) is 36.2 Å². The molecule has 3 rings (SSSR count). The number of hydroxylamine groups is 1. The van der Waals surface area contributed by atoms with Crippen LogP contribution in [0.2, 0.25) is 0 Å². The smallest absolute Gasteiger partial charge is 0.262 e.